The van der Waals surface area contributed by atoms with E-state index >= 15 is 0 Å². The summed E-state index contributed by atoms with van der Waals surface area (Å²) in [6, 6.07) is 0. The van der Waals surface area contributed by atoms with Crippen LogP contribution >= 0.6 is 0 Å². The zero-order valence-corrected chi connectivity index (χ0v) is 7.66. The van der Waals surface area contributed by atoms with Gasteiger partial charge in [-0.3, -0.25) is 9.36 Å². The lowest BCUT2D eigenvalue weighted by molar-refractivity contribution is 0.500. The van der Waals surface area contributed by atoms with Gasteiger partial charge in [-0.15, -0.1) is 0 Å². The van der Waals surface area contributed by atoms with E-state index in [1.54, 1.807) is 4.57 Å². The maximum atomic E-state index is 11.9. The maximum Gasteiger partial charge on any atom is 0.279 e. The summed E-state index contributed by atoms with van der Waals surface area (Å²) in [6.45, 7) is 0.788. The van der Waals surface area contributed by atoms with Crippen LogP contribution in [0.2, 0.25) is 0 Å². The fourth-order valence-corrected chi connectivity index (χ4v) is 1.94. The molecule has 0 saturated heterocycles. The van der Waals surface area contributed by atoms with Gasteiger partial charge in [0.15, 0.2) is 11.2 Å². The molecule has 2 aromatic heterocycles. The molecule has 0 saturated carbocycles. The summed E-state index contributed by atoms with van der Waals surface area (Å²) in [5.41, 5.74) is 1.08. The van der Waals surface area contributed by atoms with Crippen molar-refractivity contribution in [2.24, 2.45) is 0 Å². The number of H-pyrrole nitrogens is 1. The maximum absolute atomic E-state index is 11.9. The number of aromatic nitrogens is 4. The predicted molar refractivity (Wildman–Crippen MR) is 51.1 cm³/mol. The van der Waals surface area contributed by atoms with Gasteiger partial charge in [-0.25, -0.2) is 9.97 Å². The number of aryl methyl sites for hydroxylation is 1. The number of rotatable bonds is 0. The molecular weight excluding hydrogens is 180 g/mol. The molecule has 1 N–H and O–H groups in total. The Labute approximate surface area is 79.8 Å². The molecule has 0 aliphatic carbocycles. The lowest BCUT2D eigenvalue weighted by Gasteiger charge is -2.16. The van der Waals surface area contributed by atoms with Gasteiger partial charge in [0.1, 0.15) is 5.82 Å². The minimum Gasteiger partial charge on any atom is -0.339 e. The molecule has 0 aromatic carbocycles. The Hall–Kier alpha value is -1.65. The van der Waals surface area contributed by atoms with Crippen LogP contribution in [0.15, 0.2) is 11.1 Å². The van der Waals surface area contributed by atoms with Gasteiger partial charge in [-0.05, 0) is 12.8 Å². The van der Waals surface area contributed by atoms with E-state index in [0.29, 0.717) is 11.2 Å². The van der Waals surface area contributed by atoms with Gasteiger partial charge in [0.2, 0.25) is 0 Å². The molecule has 1 aliphatic heterocycles. The summed E-state index contributed by atoms with van der Waals surface area (Å²) in [5.74, 6) is 0.876. The number of fused-ring (bicyclic) bond motifs is 2. The van der Waals surface area contributed by atoms with Crippen LogP contribution in [0.5, 0.6) is 0 Å². The zero-order valence-electron chi connectivity index (χ0n) is 7.66. The number of imidazole rings is 1. The van der Waals surface area contributed by atoms with Gasteiger partial charge in [0.25, 0.3) is 5.56 Å². The van der Waals surface area contributed by atoms with Gasteiger partial charge in [-0.1, -0.05) is 0 Å². The third kappa shape index (κ3) is 0.921. The second-order valence-corrected chi connectivity index (χ2v) is 3.54. The fourth-order valence-electron chi connectivity index (χ4n) is 1.94. The molecule has 0 radical (unpaired) electrons. The van der Waals surface area contributed by atoms with E-state index in [4.69, 9.17) is 0 Å². The van der Waals surface area contributed by atoms with Crippen LogP contribution in [-0.4, -0.2) is 19.5 Å². The van der Waals surface area contributed by atoms with Gasteiger partial charge >= 0.3 is 0 Å². The third-order valence-electron chi connectivity index (χ3n) is 2.66. The van der Waals surface area contributed by atoms with Crippen LogP contribution in [0.25, 0.3) is 11.2 Å². The topological polar surface area (TPSA) is 63.6 Å². The van der Waals surface area contributed by atoms with Crippen LogP contribution in [0.1, 0.15) is 18.7 Å². The highest BCUT2D eigenvalue weighted by atomic mass is 16.1. The van der Waals surface area contributed by atoms with Gasteiger partial charge in [0, 0.05) is 13.0 Å². The summed E-state index contributed by atoms with van der Waals surface area (Å²) >= 11 is 0. The summed E-state index contributed by atoms with van der Waals surface area (Å²) in [4.78, 5) is 23.1. The molecule has 0 fully saturated rings. The first-order chi connectivity index (χ1) is 6.86. The molecule has 3 heterocycles. The van der Waals surface area contributed by atoms with Crippen LogP contribution < -0.4 is 5.56 Å². The number of aromatic amines is 1. The first kappa shape index (κ1) is 7.73. The average molecular weight is 190 g/mol. The Morgan fingerprint density at radius 1 is 1.43 bits per heavy atom. The van der Waals surface area contributed by atoms with Gasteiger partial charge in [-0.2, -0.15) is 0 Å². The predicted octanol–water partition coefficient (Wildman–Crippen LogP) is 0.456. The highest BCUT2D eigenvalue weighted by Gasteiger charge is 2.15. The van der Waals surface area contributed by atoms with Gasteiger partial charge < -0.3 is 4.98 Å². The smallest absolute Gasteiger partial charge is 0.279 e. The van der Waals surface area contributed by atoms with Crippen molar-refractivity contribution in [2.45, 2.75) is 25.8 Å². The first-order valence-corrected chi connectivity index (χ1v) is 4.79. The van der Waals surface area contributed by atoms with Crippen molar-refractivity contribution in [3.05, 3.63) is 22.5 Å². The molecule has 1 aliphatic rings. The summed E-state index contributed by atoms with van der Waals surface area (Å²) in [6.07, 6.45) is 4.58. The number of nitrogens with one attached hydrogen (secondary N) is 1. The van der Waals surface area contributed by atoms with Crippen LogP contribution in [0.4, 0.5) is 0 Å². The largest absolute Gasteiger partial charge is 0.339 e. The molecular formula is C9H10N4O. The van der Waals surface area contributed by atoms with Crippen molar-refractivity contribution in [3.8, 4) is 0 Å². The van der Waals surface area contributed by atoms with Crippen LogP contribution in [0.3, 0.4) is 0 Å². The van der Waals surface area contributed by atoms with E-state index in [2.05, 4.69) is 15.0 Å². The SMILES string of the molecule is O=c1c2[nH]cnc2nc2n1CCCC2. The van der Waals surface area contributed by atoms with Crippen molar-refractivity contribution in [2.75, 3.05) is 0 Å². The molecule has 0 spiro atoms. The zero-order chi connectivity index (χ0) is 9.54. The first-order valence-electron chi connectivity index (χ1n) is 4.79. The summed E-state index contributed by atoms with van der Waals surface area (Å²) in [7, 11) is 0. The van der Waals surface area contributed by atoms with E-state index in [0.717, 1.165) is 31.6 Å². The summed E-state index contributed by atoms with van der Waals surface area (Å²) < 4.78 is 1.75. The van der Waals surface area contributed by atoms with Crippen molar-refractivity contribution in [1.29, 1.82) is 0 Å². The summed E-state index contributed by atoms with van der Waals surface area (Å²) in [5, 5.41) is 0. The normalized spacial score (nSPS) is 15.7. The highest BCUT2D eigenvalue weighted by molar-refractivity contribution is 5.68. The van der Waals surface area contributed by atoms with Gasteiger partial charge in [0.05, 0.1) is 6.33 Å². The number of hydrogen-bond donors (Lipinski definition) is 1. The molecule has 72 valence electrons. The van der Waals surface area contributed by atoms with Crippen molar-refractivity contribution in [3.63, 3.8) is 0 Å². The number of hydrogen-bond acceptors (Lipinski definition) is 3. The molecule has 14 heavy (non-hydrogen) atoms. The molecule has 5 nitrogen and oxygen atoms in total. The lowest BCUT2D eigenvalue weighted by atomic mass is 10.1. The molecule has 3 rings (SSSR count). The Balaban J connectivity index is 2.42. The van der Waals surface area contributed by atoms with Crippen LogP contribution in [0, 0.1) is 0 Å². The van der Waals surface area contributed by atoms with Crippen molar-refractivity contribution in [1.82, 2.24) is 19.5 Å². The molecule has 0 amide bonds. The van der Waals surface area contributed by atoms with E-state index in [9.17, 15) is 4.79 Å². The van der Waals surface area contributed by atoms with E-state index in [1.165, 1.54) is 6.33 Å². The van der Waals surface area contributed by atoms with Crippen LogP contribution in [-0.2, 0) is 13.0 Å². The molecule has 2 aromatic rings. The second kappa shape index (κ2) is 2.67. The molecule has 0 unspecified atom stereocenters. The molecule has 5 heteroatoms. The Morgan fingerprint density at radius 2 is 2.36 bits per heavy atom. The lowest BCUT2D eigenvalue weighted by Crippen LogP contribution is -2.28. The monoisotopic (exact) mass is 190 g/mol. The van der Waals surface area contributed by atoms with Crippen molar-refractivity contribution >= 4 is 11.2 Å². The van der Waals surface area contributed by atoms with Crippen molar-refractivity contribution < 1.29 is 0 Å². The minimum atomic E-state index is 0.0159. The van der Waals surface area contributed by atoms with E-state index in [1.807, 2.05) is 0 Å². The quantitative estimate of drug-likeness (QED) is 0.656. The van der Waals surface area contributed by atoms with E-state index in [-0.39, 0.29) is 5.56 Å². The minimum absolute atomic E-state index is 0.0159. The highest BCUT2D eigenvalue weighted by Crippen LogP contribution is 2.11. The Kier molecular flexibility index (Phi) is 1.47. The van der Waals surface area contributed by atoms with E-state index < -0.39 is 0 Å². The second-order valence-electron chi connectivity index (χ2n) is 3.54. The molecule has 0 atom stereocenters. The Bertz CT molecular complexity index is 539. The third-order valence-corrected chi connectivity index (χ3v) is 2.66. The number of nitrogens with zero attached hydrogens (tertiary/aromatic N) is 3. The standard InChI is InChI=1S/C9H10N4O/c14-9-7-8(11-5-10-7)12-6-3-1-2-4-13(6)9/h5H,1-4H2,(H,10,11). The fraction of sp³-hybridized carbons (Fsp3) is 0.444. The molecule has 0 bridgehead atoms. The Morgan fingerprint density at radius 3 is 3.29 bits per heavy atom. The average Bonchev–Trinajstić information content (AvgIpc) is 2.66.